The summed E-state index contributed by atoms with van der Waals surface area (Å²) in [5.41, 5.74) is 4.01. The van der Waals surface area contributed by atoms with Crippen LogP contribution in [-0.4, -0.2) is 60.6 Å². The van der Waals surface area contributed by atoms with E-state index in [0.717, 1.165) is 23.1 Å². The molecule has 0 amide bonds. The fourth-order valence-corrected chi connectivity index (χ4v) is 4.79. The zero-order valence-electron chi connectivity index (χ0n) is 22.1. The van der Waals surface area contributed by atoms with Crippen LogP contribution in [0, 0.1) is 6.92 Å². The molecule has 0 radical (unpaired) electrons. The van der Waals surface area contributed by atoms with Crippen molar-refractivity contribution in [1.82, 2.24) is 19.5 Å². The minimum atomic E-state index is -1.28. The Bertz CT molecular complexity index is 1410. The normalized spacial score (nSPS) is 22.5. The van der Waals surface area contributed by atoms with Crippen LogP contribution < -0.4 is 5.32 Å². The molecule has 10 heteroatoms. The van der Waals surface area contributed by atoms with Gasteiger partial charge in [-0.1, -0.05) is 67.1 Å². The molecule has 5 rings (SSSR count). The molecule has 2 aromatic heterocycles. The number of aryl methyl sites for hydroxylation is 1. The lowest BCUT2D eigenvalue weighted by Crippen LogP contribution is -2.34. The van der Waals surface area contributed by atoms with E-state index in [0.29, 0.717) is 17.0 Å². The first-order valence-corrected chi connectivity index (χ1v) is 13.1. The van der Waals surface area contributed by atoms with Crippen LogP contribution in [0.25, 0.3) is 11.2 Å². The first kappa shape index (κ1) is 26.7. The molecule has 0 saturated carbocycles. The number of hydrogen-bond donors (Lipinski definition) is 3. The van der Waals surface area contributed by atoms with Gasteiger partial charge in [-0.15, -0.1) is 0 Å². The summed E-state index contributed by atoms with van der Waals surface area (Å²) in [7, 11) is 0. The summed E-state index contributed by atoms with van der Waals surface area (Å²) < 4.78 is 13.0. The topological polar surface area (TPSA) is 132 Å². The van der Waals surface area contributed by atoms with Gasteiger partial charge < -0.3 is 25.0 Å². The first-order chi connectivity index (χ1) is 18.9. The molecular formula is C29H33N5O5. The average Bonchev–Trinajstić information content (AvgIpc) is 3.51. The average molecular weight is 532 g/mol. The number of aromatic nitrogens is 4. The van der Waals surface area contributed by atoms with Gasteiger partial charge in [-0.2, -0.15) is 0 Å². The van der Waals surface area contributed by atoms with Crippen LogP contribution in [0.5, 0.6) is 0 Å². The van der Waals surface area contributed by atoms with Gasteiger partial charge >= 0.3 is 5.97 Å². The maximum atomic E-state index is 12.7. The van der Waals surface area contributed by atoms with E-state index < -0.39 is 36.4 Å². The smallest absolute Gasteiger partial charge is 0.313 e. The summed E-state index contributed by atoms with van der Waals surface area (Å²) in [4.78, 5) is 25.9. The lowest BCUT2D eigenvalue weighted by Gasteiger charge is -2.19. The van der Waals surface area contributed by atoms with Crippen molar-refractivity contribution < 1.29 is 24.5 Å². The van der Waals surface area contributed by atoms with Gasteiger partial charge in [0.2, 0.25) is 0 Å². The van der Waals surface area contributed by atoms with Crippen molar-refractivity contribution in [3.05, 3.63) is 83.9 Å². The Morgan fingerprint density at radius 2 is 1.79 bits per heavy atom. The third-order valence-electron chi connectivity index (χ3n) is 7.21. The molecule has 3 N–H and O–H groups in total. The van der Waals surface area contributed by atoms with E-state index in [1.54, 1.807) is 11.5 Å². The number of imidazole rings is 1. The monoisotopic (exact) mass is 531 g/mol. The molecule has 1 aliphatic rings. The van der Waals surface area contributed by atoms with E-state index in [1.807, 2.05) is 49.4 Å². The molecular weight excluding hydrogens is 498 g/mol. The Balaban J connectivity index is 1.29. The maximum Gasteiger partial charge on any atom is 0.313 e. The number of carbonyl (C=O) groups is 1. The second kappa shape index (κ2) is 11.5. The highest BCUT2D eigenvalue weighted by Gasteiger charge is 2.45. The highest BCUT2D eigenvalue weighted by atomic mass is 16.6. The number of fused-ring (bicyclic) bond motifs is 1. The maximum absolute atomic E-state index is 12.7. The summed E-state index contributed by atoms with van der Waals surface area (Å²) in [6.07, 6.45) is -0.681. The zero-order chi connectivity index (χ0) is 27.5. The second-order valence-electron chi connectivity index (χ2n) is 9.87. The number of esters is 1. The van der Waals surface area contributed by atoms with Crippen molar-refractivity contribution >= 4 is 23.0 Å². The van der Waals surface area contributed by atoms with Crippen molar-refractivity contribution in [3.63, 3.8) is 0 Å². The van der Waals surface area contributed by atoms with E-state index in [4.69, 9.17) is 9.47 Å². The molecule has 1 unspecified atom stereocenters. The van der Waals surface area contributed by atoms with E-state index in [-0.39, 0.29) is 12.6 Å². The molecule has 2 aromatic carbocycles. The highest BCUT2D eigenvalue weighted by molar-refractivity contribution is 5.83. The van der Waals surface area contributed by atoms with Crippen molar-refractivity contribution in [3.8, 4) is 0 Å². The van der Waals surface area contributed by atoms with E-state index >= 15 is 0 Å². The summed E-state index contributed by atoms with van der Waals surface area (Å²) in [6.45, 7) is 5.63. The number of benzene rings is 2. The Hall–Kier alpha value is -3.86. The summed E-state index contributed by atoms with van der Waals surface area (Å²) in [5, 5.41) is 24.9. The molecule has 0 bridgehead atoms. The molecule has 10 nitrogen and oxygen atoms in total. The van der Waals surface area contributed by atoms with Crippen LogP contribution in [0.1, 0.15) is 55.1 Å². The van der Waals surface area contributed by atoms with Crippen molar-refractivity contribution in [2.24, 2.45) is 0 Å². The van der Waals surface area contributed by atoms with Gasteiger partial charge in [0, 0.05) is 0 Å². The number of aliphatic hydroxyl groups is 2. The predicted molar refractivity (Wildman–Crippen MR) is 145 cm³/mol. The molecule has 3 heterocycles. The standard InChI is InChI=1S/C29H33N5O5/c1-4-21(20-8-6-5-7-9-20)33-26-23-27(31-15-30-26)34(16-32-23)28-25(36)24(35)22(39-28)14-38-29(37)18(3)19-12-10-17(2)11-13-19/h5-13,15-16,18,21-22,24-25,28,35-36H,4,14H2,1-3H3,(H,30,31,33)/t18?,21-,22+,24+,25+,28+/m0/s1. The SMILES string of the molecule is CC[C@H](Nc1ncnc2c1ncn2[C@@H]1O[C@H](COC(=O)C(C)c2ccc(C)cc2)[C@@H](O)[C@H]1O)c1ccccc1. The Labute approximate surface area is 226 Å². The van der Waals surface area contributed by atoms with Gasteiger partial charge in [0.25, 0.3) is 0 Å². The quantitative estimate of drug-likeness (QED) is 0.277. The van der Waals surface area contributed by atoms with Crippen LogP contribution in [0.4, 0.5) is 5.82 Å². The third kappa shape index (κ3) is 5.49. The molecule has 6 atom stereocenters. The Morgan fingerprint density at radius 3 is 2.51 bits per heavy atom. The van der Waals surface area contributed by atoms with Crippen molar-refractivity contribution in [2.75, 3.05) is 11.9 Å². The van der Waals surface area contributed by atoms with Crippen LogP contribution in [0.3, 0.4) is 0 Å². The fourth-order valence-electron chi connectivity index (χ4n) is 4.79. The molecule has 1 aliphatic heterocycles. The van der Waals surface area contributed by atoms with Gasteiger partial charge in [-0.05, 0) is 31.4 Å². The highest BCUT2D eigenvalue weighted by Crippen LogP contribution is 2.33. The number of carbonyl (C=O) groups excluding carboxylic acids is 1. The zero-order valence-corrected chi connectivity index (χ0v) is 22.1. The van der Waals surface area contributed by atoms with Crippen molar-refractivity contribution in [1.29, 1.82) is 0 Å². The molecule has 39 heavy (non-hydrogen) atoms. The summed E-state index contributed by atoms with van der Waals surface area (Å²) in [5.74, 6) is -0.362. The lowest BCUT2D eigenvalue weighted by atomic mass is 10.0. The van der Waals surface area contributed by atoms with Gasteiger partial charge in [0.05, 0.1) is 18.3 Å². The number of hydrogen-bond acceptors (Lipinski definition) is 9. The van der Waals surface area contributed by atoms with E-state index in [1.165, 1.54) is 12.7 Å². The molecule has 1 saturated heterocycles. The molecule has 0 aliphatic carbocycles. The van der Waals surface area contributed by atoms with Gasteiger partial charge in [-0.25, -0.2) is 15.0 Å². The van der Waals surface area contributed by atoms with Gasteiger partial charge in [-0.3, -0.25) is 9.36 Å². The summed E-state index contributed by atoms with van der Waals surface area (Å²) in [6, 6.07) is 17.7. The summed E-state index contributed by atoms with van der Waals surface area (Å²) >= 11 is 0. The van der Waals surface area contributed by atoms with Crippen LogP contribution in [0.2, 0.25) is 0 Å². The second-order valence-corrected chi connectivity index (χ2v) is 9.87. The first-order valence-electron chi connectivity index (χ1n) is 13.1. The number of aliphatic hydroxyl groups excluding tert-OH is 2. The largest absolute Gasteiger partial charge is 0.462 e. The molecule has 0 spiro atoms. The number of ether oxygens (including phenoxy) is 2. The van der Waals surface area contributed by atoms with E-state index in [9.17, 15) is 15.0 Å². The minimum absolute atomic E-state index is 0.0194. The third-order valence-corrected chi connectivity index (χ3v) is 7.21. The number of anilines is 1. The van der Waals surface area contributed by atoms with E-state index in [2.05, 4.69) is 39.3 Å². The molecule has 1 fully saturated rings. The van der Waals surface area contributed by atoms with Gasteiger partial charge in [0.15, 0.2) is 23.2 Å². The number of rotatable bonds is 9. The Morgan fingerprint density at radius 1 is 1.05 bits per heavy atom. The molecule has 4 aromatic rings. The predicted octanol–water partition coefficient (Wildman–Crippen LogP) is 3.66. The van der Waals surface area contributed by atoms with Crippen LogP contribution in [-0.2, 0) is 14.3 Å². The van der Waals surface area contributed by atoms with Crippen LogP contribution >= 0.6 is 0 Å². The number of nitrogens with one attached hydrogen (secondary N) is 1. The minimum Gasteiger partial charge on any atom is -0.462 e. The van der Waals surface area contributed by atoms with Gasteiger partial charge in [0.1, 0.15) is 31.2 Å². The van der Waals surface area contributed by atoms with Crippen molar-refractivity contribution in [2.45, 2.75) is 63.7 Å². The Kier molecular flexibility index (Phi) is 7.87. The molecule has 204 valence electrons. The van der Waals surface area contributed by atoms with Crippen LogP contribution in [0.15, 0.2) is 67.3 Å². The number of nitrogens with zero attached hydrogens (tertiary/aromatic N) is 4. The fraction of sp³-hybridized carbons (Fsp3) is 0.379. The lowest BCUT2D eigenvalue weighted by molar-refractivity contribution is -0.151.